The Morgan fingerprint density at radius 2 is 1.13 bits per heavy atom. The van der Waals surface area contributed by atoms with Gasteiger partial charge in [0, 0.05) is 0 Å². The van der Waals surface area contributed by atoms with Gasteiger partial charge in [0.2, 0.25) is 0 Å². The van der Waals surface area contributed by atoms with Crippen LogP contribution in [0, 0.1) is 6.92 Å². The molecule has 1 aromatic rings. The van der Waals surface area contributed by atoms with E-state index in [9.17, 15) is 0 Å². The van der Waals surface area contributed by atoms with Crippen molar-refractivity contribution >= 4 is 22.7 Å². The Balaban J connectivity index is 3.68. The average Bonchev–Trinajstić information content (AvgIpc) is 2.09. The highest BCUT2D eigenvalue weighted by molar-refractivity contribution is 5.91. The number of rotatable bonds is 0. The summed E-state index contributed by atoms with van der Waals surface area (Å²) in [6, 6.07) is 0. The summed E-state index contributed by atoms with van der Waals surface area (Å²) in [5.41, 5.74) is 27.1. The van der Waals surface area contributed by atoms with E-state index in [1.54, 1.807) is 0 Å². The van der Waals surface area contributed by atoms with Crippen LogP contribution in [0.4, 0.5) is 22.7 Å². The number of nitrogens with two attached hydrogens (primary N) is 4. The van der Waals surface area contributed by atoms with E-state index in [0.29, 0.717) is 22.7 Å². The van der Waals surface area contributed by atoms with E-state index in [4.69, 9.17) is 22.9 Å². The number of hydrogen-bond acceptors (Lipinski definition) is 4. The Bertz CT molecular complexity index is 373. The summed E-state index contributed by atoms with van der Waals surface area (Å²) in [4.78, 5) is 0. The zero-order valence-corrected chi connectivity index (χ0v) is 9.81. The first-order chi connectivity index (χ1) is 6.68. The Hall–Kier alpha value is -1.58. The van der Waals surface area contributed by atoms with Crippen LogP contribution in [0.1, 0.15) is 31.9 Å². The predicted molar refractivity (Wildman–Crippen MR) is 67.5 cm³/mol. The van der Waals surface area contributed by atoms with Gasteiger partial charge >= 0.3 is 0 Å². The molecular formula is C11H20N4. The summed E-state index contributed by atoms with van der Waals surface area (Å²) in [6.45, 7) is 8.13. The maximum Gasteiger partial charge on any atom is 0.0806 e. The third-order valence-electron chi connectivity index (χ3n) is 2.67. The summed E-state index contributed by atoms with van der Waals surface area (Å²) in [5.74, 6) is 0. The molecule has 0 amide bonds. The molecule has 1 rings (SSSR count). The molecule has 0 fully saturated rings. The minimum absolute atomic E-state index is 0.0931. The van der Waals surface area contributed by atoms with Crippen molar-refractivity contribution in [2.75, 3.05) is 22.9 Å². The summed E-state index contributed by atoms with van der Waals surface area (Å²) >= 11 is 0. The standard InChI is InChI=1S/C11H20N4/c1-5-6(11(2,3)4)8(13)10(15)9(14)7(5)12/h12-15H2,1-4H3. The fourth-order valence-electron chi connectivity index (χ4n) is 1.93. The highest BCUT2D eigenvalue weighted by atomic mass is 14.8. The first-order valence-electron chi connectivity index (χ1n) is 4.90. The van der Waals surface area contributed by atoms with E-state index in [1.165, 1.54) is 0 Å². The fourth-order valence-corrected chi connectivity index (χ4v) is 1.93. The molecular weight excluding hydrogens is 188 g/mol. The van der Waals surface area contributed by atoms with Crippen molar-refractivity contribution in [2.45, 2.75) is 33.1 Å². The normalized spacial score (nSPS) is 11.7. The average molecular weight is 208 g/mol. The highest BCUT2D eigenvalue weighted by Crippen LogP contribution is 2.41. The van der Waals surface area contributed by atoms with Crippen molar-refractivity contribution in [3.63, 3.8) is 0 Å². The summed E-state index contributed by atoms with van der Waals surface area (Å²) in [5, 5.41) is 0. The van der Waals surface area contributed by atoms with Gasteiger partial charge < -0.3 is 22.9 Å². The van der Waals surface area contributed by atoms with Crippen LogP contribution >= 0.6 is 0 Å². The Kier molecular flexibility index (Phi) is 2.47. The largest absolute Gasteiger partial charge is 0.397 e. The molecule has 0 bridgehead atoms. The minimum Gasteiger partial charge on any atom is -0.397 e. The van der Waals surface area contributed by atoms with Gasteiger partial charge in [0.15, 0.2) is 0 Å². The molecule has 0 heterocycles. The van der Waals surface area contributed by atoms with Crippen LogP contribution in [-0.2, 0) is 5.41 Å². The first kappa shape index (κ1) is 11.5. The Labute approximate surface area is 90.6 Å². The topological polar surface area (TPSA) is 104 Å². The Morgan fingerprint density at radius 3 is 1.53 bits per heavy atom. The number of nitrogen functional groups attached to an aromatic ring is 4. The van der Waals surface area contributed by atoms with Gasteiger partial charge in [-0.1, -0.05) is 20.8 Å². The third-order valence-corrected chi connectivity index (χ3v) is 2.67. The molecule has 0 unspecified atom stereocenters. The molecule has 0 saturated heterocycles. The summed E-state index contributed by atoms with van der Waals surface area (Å²) in [7, 11) is 0. The van der Waals surface area contributed by atoms with Crippen LogP contribution in [0.3, 0.4) is 0 Å². The van der Waals surface area contributed by atoms with E-state index >= 15 is 0 Å². The van der Waals surface area contributed by atoms with Crippen molar-refractivity contribution in [3.05, 3.63) is 11.1 Å². The van der Waals surface area contributed by atoms with Gasteiger partial charge in [-0.2, -0.15) is 0 Å². The van der Waals surface area contributed by atoms with Gasteiger partial charge in [-0.15, -0.1) is 0 Å². The van der Waals surface area contributed by atoms with Gasteiger partial charge in [-0.25, -0.2) is 0 Å². The highest BCUT2D eigenvalue weighted by Gasteiger charge is 2.24. The van der Waals surface area contributed by atoms with Crippen molar-refractivity contribution < 1.29 is 0 Å². The molecule has 0 aliphatic heterocycles. The van der Waals surface area contributed by atoms with Gasteiger partial charge in [0.1, 0.15) is 0 Å². The number of hydrogen-bond donors (Lipinski definition) is 4. The Morgan fingerprint density at radius 1 is 0.733 bits per heavy atom. The van der Waals surface area contributed by atoms with Crippen LogP contribution < -0.4 is 22.9 Å². The predicted octanol–water partition coefficient (Wildman–Crippen LogP) is 1.62. The van der Waals surface area contributed by atoms with E-state index in [2.05, 4.69) is 20.8 Å². The molecule has 0 radical (unpaired) electrons. The summed E-state index contributed by atoms with van der Waals surface area (Å²) in [6.07, 6.45) is 0. The minimum atomic E-state index is -0.0931. The van der Waals surface area contributed by atoms with Crippen molar-refractivity contribution in [3.8, 4) is 0 Å². The third kappa shape index (κ3) is 1.67. The molecule has 0 aliphatic carbocycles. The monoisotopic (exact) mass is 208 g/mol. The quantitative estimate of drug-likeness (QED) is 0.486. The molecule has 0 aliphatic rings. The van der Waals surface area contributed by atoms with Crippen LogP contribution in [0.5, 0.6) is 0 Å². The molecule has 4 heteroatoms. The molecule has 84 valence electrons. The van der Waals surface area contributed by atoms with Crippen LogP contribution in [0.25, 0.3) is 0 Å². The lowest BCUT2D eigenvalue weighted by Crippen LogP contribution is -2.19. The van der Waals surface area contributed by atoms with Gasteiger partial charge in [-0.3, -0.25) is 0 Å². The van der Waals surface area contributed by atoms with Gasteiger partial charge in [-0.05, 0) is 23.5 Å². The van der Waals surface area contributed by atoms with Gasteiger partial charge in [0.05, 0.1) is 22.7 Å². The molecule has 0 spiro atoms. The zero-order valence-electron chi connectivity index (χ0n) is 9.81. The zero-order chi connectivity index (χ0) is 12.0. The van der Waals surface area contributed by atoms with Crippen LogP contribution in [-0.4, -0.2) is 0 Å². The maximum atomic E-state index is 5.98. The van der Waals surface area contributed by atoms with E-state index < -0.39 is 0 Å². The summed E-state index contributed by atoms with van der Waals surface area (Å²) < 4.78 is 0. The second kappa shape index (κ2) is 3.22. The maximum absolute atomic E-state index is 5.98. The first-order valence-corrected chi connectivity index (χ1v) is 4.90. The van der Waals surface area contributed by atoms with Crippen LogP contribution in [0.15, 0.2) is 0 Å². The van der Waals surface area contributed by atoms with Crippen molar-refractivity contribution in [1.29, 1.82) is 0 Å². The molecule has 4 nitrogen and oxygen atoms in total. The van der Waals surface area contributed by atoms with Crippen LogP contribution in [0.2, 0.25) is 0 Å². The van der Waals surface area contributed by atoms with Crippen molar-refractivity contribution in [1.82, 2.24) is 0 Å². The molecule has 1 aromatic carbocycles. The number of anilines is 4. The molecule has 8 N–H and O–H groups in total. The second-order valence-electron chi connectivity index (χ2n) is 4.90. The van der Waals surface area contributed by atoms with E-state index in [1.807, 2.05) is 6.92 Å². The lowest BCUT2D eigenvalue weighted by atomic mass is 9.81. The number of benzene rings is 1. The van der Waals surface area contributed by atoms with E-state index in [-0.39, 0.29) is 5.41 Å². The SMILES string of the molecule is Cc1c(N)c(N)c(N)c(N)c1C(C)(C)C. The second-order valence-corrected chi connectivity index (χ2v) is 4.90. The molecule has 0 atom stereocenters. The smallest absolute Gasteiger partial charge is 0.0806 e. The fraction of sp³-hybridized carbons (Fsp3) is 0.455. The van der Waals surface area contributed by atoms with E-state index in [0.717, 1.165) is 11.1 Å². The van der Waals surface area contributed by atoms with Crippen molar-refractivity contribution in [2.24, 2.45) is 0 Å². The molecule has 15 heavy (non-hydrogen) atoms. The molecule has 0 saturated carbocycles. The lowest BCUT2D eigenvalue weighted by Gasteiger charge is -2.26. The lowest BCUT2D eigenvalue weighted by molar-refractivity contribution is 0.589. The molecule has 0 aromatic heterocycles. The van der Waals surface area contributed by atoms with Gasteiger partial charge in [0.25, 0.3) is 0 Å².